The number of halogens is 1. The molecule has 33 heavy (non-hydrogen) atoms. The van der Waals surface area contributed by atoms with Crippen molar-refractivity contribution in [3.05, 3.63) is 95.0 Å². The van der Waals surface area contributed by atoms with Gasteiger partial charge in [-0.3, -0.25) is 4.79 Å². The molecular weight excluding hydrogens is 450 g/mol. The van der Waals surface area contributed by atoms with E-state index in [1.54, 1.807) is 0 Å². The van der Waals surface area contributed by atoms with Gasteiger partial charge in [-0.2, -0.15) is 0 Å². The van der Waals surface area contributed by atoms with Gasteiger partial charge in [0.15, 0.2) is 5.11 Å². The summed E-state index contributed by atoms with van der Waals surface area (Å²) >= 11 is 12.0. The third-order valence-electron chi connectivity index (χ3n) is 6.09. The maximum Gasteiger partial charge on any atom is 0.238 e. The Morgan fingerprint density at radius 1 is 0.970 bits per heavy atom. The maximum absolute atomic E-state index is 13.2. The van der Waals surface area contributed by atoms with Crippen LogP contribution in [0.4, 0.5) is 11.4 Å². The lowest BCUT2D eigenvalue weighted by Crippen LogP contribution is -2.38. The highest BCUT2D eigenvalue weighted by molar-refractivity contribution is 7.80. The van der Waals surface area contributed by atoms with Crippen LogP contribution in [0.5, 0.6) is 0 Å². The molecule has 1 heterocycles. The summed E-state index contributed by atoms with van der Waals surface area (Å²) in [6, 6.07) is 25.2. The molecule has 3 aromatic carbocycles. The van der Waals surface area contributed by atoms with Crippen molar-refractivity contribution in [2.45, 2.75) is 25.7 Å². The molecule has 0 bridgehead atoms. The van der Waals surface area contributed by atoms with Gasteiger partial charge in [-0.25, -0.2) is 0 Å². The molecule has 0 atom stereocenters. The van der Waals surface area contributed by atoms with Gasteiger partial charge in [0.05, 0.1) is 16.6 Å². The van der Waals surface area contributed by atoms with Gasteiger partial charge < -0.3 is 15.5 Å². The lowest BCUT2D eigenvalue weighted by atomic mass is 9.90. The standard InChI is InChI=1S/C27H28ClN3OS/c1-19-14-16-31(17-15-19)24-13-12-22(18-23(24)28)29-27(33)30-26(32)25(20-8-4-2-5-9-20)21-10-6-3-7-11-21/h2-13,18-19,25H,14-17H2,1H3,(H2,29,30,32,33). The Morgan fingerprint density at radius 2 is 1.55 bits per heavy atom. The highest BCUT2D eigenvalue weighted by Gasteiger charge is 2.23. The van der Waals surface area contributed by atoms with E-state index in [9.17, 15) is 4.79 Å². The lowest BCUT2D eigenvalue weighted by molar-refractivity contribution is -0.120. The minimum Gasteiger partial charge on any atom is -0.370 e. The molecule has 3 aromatic rings. The van der Waals surface area contributed by atoms with Gasteiger partial charge in [-0.05, 0) is 60.3 Å². The second-order valence-corrected chi connectivity index (χ2v) is 9.35. The number of nitrogens with zero attached hydrogens (tertiary/aromatic N) is 1. The average molecular weight is 478 g/mol. The van der Waals surface area contributed by atoms with Crippen LogP contribution >= 0.6 is 23.8 Å². The first-order valence-electron chi connectivity index (χ1n) is 11.3. The molecule has 0 unspecified atom stereocenters. The first kappa shape index (κ1) is 23.3. The van der Waals surface area contributed by atoms with Crippen molar-refractivity contribution in [2.24, 2.45) is 5.92 Å². The van der Waals surface area contributed by atoms with Crippen LogP contribution in [0.1, 0.15) is 36.8 Å². The summed E-state index contributed by atoms with van der Waals surface area (Å²) < 4.78 is 0. The Morgan fingerprint density at radius 3 is 2.09 bits per heavy atom. The smallest absolute Gasteiger partial charge is 0.238 e. The molecule has 2 N–H and O–H groups in total. The van der Waals surface area contributed by atoms with Gasteiger partial charge in [0, 0.05) is 18.8 Å². The van der Waals surface area contributed by atoms with Crippen LogP contribution in [0.15, 0.2) is 78.9 Å². The molecule has 1 saturated heterocycles. The fraction of sp³-hybridized carbons (Fsp3) is 0.259. The molecule has 4 rings (SSSR count). The van der Waals surface area contributed by atoms with Gasteiger partial charge in [-0.15, -0.1) is 0 Å². The molecule has 4 nitrogen and oxygen atoms in total. The average Bonchev–Trinajstić information content (AvgIpc) is 2.81. The van der Waals surface area contributed by atoms with E-state index in [-0.39, 0.29) is 11.0 Å². The number of hydrogen-bond acceptors (Lipinski definition) is 3. The molecule has 0 spiro atoms. The number of carbonyl (C=O) groups is 1. The molecule has 1 fully saturated rings. The third-order valence-corrected chi connectivity index (χ3v) is 6.60. The molecule has 1 aliphatic rings. The summed E-state index contributed by atoms with van der Waals surface area (Å²) in [5, 5.41) is 6.88. The second-order valence-electron chi connectivity index (χ2n) is 8.53. The van der Waals surface area contributed by atoms with Crippen molar-refractivity contribution < 1.29 is 4.79 Å². The van der Waals surface area contributed by atoms with Gasteiger partial charge in [0.2, 0.25) is 5.91 Å². The molecule has 0 aromatic heterocycles. The topological polar surface area (TPSA) is 44.4 Å². The van der Waals surface area contributed by atoms with E-state index in [4.69, 9.17) is 23.8 Å². The van der Waals surface area contributed by atoms with Crippen LogP contribution in [0, 0.1) is 5.92 Å². The molecule has 0 radical (unpaired) electrons. The monoisotopic (exact) mass is 477 g/mol. The second kappa shape index (κ2) is 10.8. The van der Waals surface area contributed by atoms with Crippen molar-refractivity contribution in [2.75, 3.05) is 23.3 Å². The zero-order valence-corrected chi connectivity index (χ0v) is 20.2. The number of anilines is 2. The number of hydrogen-bond donors (Lipinski definition) is 2. The fourth-order valence-corrected chi connectivity index (χ4v) is 4.74. The predicted molar refractivity (Wildman–Crippen MR) is 141 cm³/mol. The highest BCUT2D eigenvalue weighted by Crippen LogP contribution is 2.32. The minimum absolute atomic E-state index is 0.185. The van der Waals surface area contributed by atoms with E-state index >= 15 is 0 Å². The third kappa shape index (κ3) is 5.92. The van der Waals surface area contributed by atoms with E-state index in [1.807, 2.05) is 78.9 Å². The Hall–Kier alpha value is -2.89. The first-order chi connectivity index (χ1) is 16.0. The number of amides is 1. The largest absolute Gasteiger partial charge is 0.370 e. The molecule has 6 heteroatoms. The van der Waals surface area contributed by atoms with Crippen LogP contribution in [0.3, 0.4) is 0 Å². The van der Waals surface area contributed by atoms with E-state index in [0.717, 1.165) is 41.5 Å². The summed E-state index contributed by atoms with van der Waals surface area (Å²) in [6.45, 7) is 4.33. The molecule has 1 aliphatic heterocycles. The summed E-state index contributed by atoms with van der Waals surface area (Å²) in [4.78, 5) is 15.6. The van der Waals surface area contributed by atoms with Crippen molar-refractivity contribution in [3.63, 3.8) is 0 Å². The van der Waals surface area contributed by atoms with Crippen LogP contribution in [-0.2, 0) is 4.79 Å². The van der Waals surface area contributed by atoms with Gasteiger partial charge in [-0.1, -0.05) is 79.2 Å². The van der Waals surface area contributed by atoms with Crippen molar-refractivity contribution in [1.29, 1.82) is 0 Å². The number of nitrogens with one attached hydrogen (secondary N) is 2. The van der Waals surface area contributed by atoms with Crippen molar-refractivity contribution in [1.82, 2.24) is 5.32 Å². The van der Waals surface area contributed by atoms with E-state index < -0.39 is 5.92 Å². The van der Waals surface area contributed by atoms with Crippen LogP contribution < -0.4 is 15.5 Å². The summed E-state index contributed by atoms with van der Waals surface area (Å²) in [5.41, 5.74) is 3.60. The normalized spacial score (nSPS) is 14.2. The van der Waals surface area contributed by atoms with Gasteiger partial charge in [0.1, 0.15) is 0 Å². The Bertz CT molecular complexity index is 1060. The van der Waals surface area contributed by atoms with Crippen LogP contribution in [0.25, 0.3) is 0 Å². The first-order valence-corrected chi connectivity index (χ1v) is 12.1. The Kier molecular flexibility index (Phi) is 7.63. The Balaban J connectivity index is 1.44. The number of thiocarbonyl (C=S) groups is 1. The number of piperidine rings is 1. The molecule has 170 valence electrons. The SMILES string of the molecule is CC1CCN(c2ccc(NC(=S)NC(=O)C(c3ccccc3)c3ccccc3)cc2Cl)CC1. The maximum atomic E-state index is 13.2. The van der Waals surface area contributed by atoms with Crippen LogP contribution in [0.2, 0.25) is 5.02 Å². The van der Waals surface area contributed by atoms with E-state index in [1.165, 1.54) is 12.8 Å². The summed E-state index contributed by atoms with van der Waals surface area (Å²) in [6.07, 6.45) is 2.35. The van der Waals surface area contributed by atoms with Crippen molar-refractivity contribution in [3.8, 4) is 0 Å². The number of carbonyl (C=O) groups excluding carboxylic acids is 1. The number of benzene rings is 3. The Labute approximate surface area is 206 Å². The van der Waals surface area contributed by atoms with Crippen LogP contribution in [-0.4, -0.2) is 24.1 Å². The van der Waals surface area contributed by atoms with Gasteiger partial charge in [0.25, 0.3) is 0 Å². The predicted octanol–water partition coefficient (Wildman–Crippen LogP) is 6.22. The zero-order valence-electron chi connectivity index (χ0n) is 18.6. The molecule has 0 saturated carbocycles. The van der Waals surface area contributed by atoms with Crippen molar-refractivity contribution >= 4 is 46.2 Å². The minimum atomic E-state index is -0.459. The molecule has 1 amide bonds. The quantitative estimate of drug-likeness (QED) is 0.428. The lowest BCUT2D eigenvalue weighted by Gasteiger charge is -2.32. The summed E-state index contributed by atoms with van der Waals surface area (Å²) in [7, 11) is 0. The van der Waals surface area contributed by atoms with Gasteiger partial charge >= 0.3 is 0 Å². The highest BCUT2D eigenvalue weighted by atomic mass is 35.5. The number of rotatable bonds is 5. The molecular formula is C27H28ClN3OS. The summed E-state index contributed by atoms with van der Waals surface area (Å²) in [5.74, 6) is 0.118. The fourth-order valence-electron chi connectivity index (χ4n) is 4.22. The molecule has 0 aliphatic carbocycles. The van der Waals surface area contributed by atoms with E-state index in [2.05, 4.69) is 22.5 Å². The zero-order chi connectivity index (χ0) is 23.2. The van der Waals surface area contributed by atoms with E-state index in [0.29, 0.717) is 5.02 Å².